The van der Waals surface area contributed by atoms with Crippen LogP contribution in [-0.4, -0.2) is 155 Å². The molecule has 0 atom stereocenters. The van der Waals surface area contributed by atoms with Gasteiger partial charge in [0.05, 0.1) is 79.1 Å². The second-order valence-electron chi connectivity index (χ2n) is 19.6. The van der Waals surface area contributed by atoms with Crippen molar-refractivity contribution in [3.8, 4) is 5.75 Å². The monoisotopic (exact) mass is 1380 g/mol. The summed E-state index contributed by atoms with van der Waals surface area (Å²) in [6.07, 6.45) is 13.7. The number of esters is 4. The SMILES string of the molecule is C.C=CC(C)=O.CC(=O)COC(=O)/C=C/c1ccc(CO)c(CO)c1.CCCc1ccc(CO)c(CO)c1.CCOC(=O)CCC(C)=O.CCOC(=O)COC(=O)/C=C/c1ccc(O)c(CO)c1.O=BB(O)O.O=C/C=C/c1ccc(CO)c(CO)c1.O=Cc1ccc(CO)c(CO)c1. The van der Waals surface area contributed by atoms with Crippen LogP contribution < -0.4 is 0 Å². The standard InChI is InChI=1S/C14H16O6.C14H16O5.C11H12O3.C11H16O2.C9H10O3.C7H12O3.C4H6O.CH4.B2H2O3/c1-2-19-14(18)9-20-13(17)6-4-10-3-5-12(16)11(7-10)8-15;1-10(17)9-19-14(18)5-3-11-2-4-12(7-15)13(6-11)8-16;12-5-1-2-9-3-4-10(7-13)11(6-9)8-14;1-2-3-9-4-5-10(7-12)11(6-9)8-13;10-4-7-1-2-8(5-11)9(3-7)6-12;1-3-10-7(9)5-4-6(2)8;1-3-4(2)5;;3-1-2(4)5/h3-7,15-16H,2,8-9H2,1H3;2-6,15-16H,7-9H2,1H3;1-6,13-14H,7-8H2;4-6,12-13H,2-3,7-8H2,1H3;1-4,11-12H,5-6H2;3-5H2,1-2H3;3H,1H2,2H3;1H4;4-5H/b6-4+;5-3+;2-1+;;;;;;. The second-order valence-corrected chi connectivity index (χ2v) is 19.6. The van der Waals surface area contributed by atoms with Crippen LogP contribution in [0.4, 0.5) is 0 Å². The van der Waals surface area contributed by atoms with E-state index in [9.17, 15) is 48.3 Å². The molecular weight excluding hydrogens is 1290 g/mol. The zero-order valence-electron chi connectivity index (χ0n) is 55.8. The number of rotatable bonds is 29. The van der Waals surface area contributed by atoms with Gasteiger partial charge in [0.2, 0.25) is 0 Å². The van der Waals surface area contributed by atoms with Crippen LogP contribution in [0.2, 0.25) is 0 Å². The number of aryl methyl sites for hydroxylation is 1. The van der Waals surface area contributed by atoms with Gasteiger partial charge in [-0.1, -0.05) is 94.1 Å². The van der Waals surface area contributed by atoms with Crippen LogP contribution in [0, 0.1) is 0 Å². The normalized spacial score (nSPS) is 9.79. The van der Waals surface area contributed by atoms with Crippen LogP contribution >= 0.6 is 0 Å². The Morgan fingerprint density at radius 1 is 0.475 bits per heavy atom. The molecule has 5 aromatic rings. The molecule has 0 bridgehead atoms. The van der Waals surface area contributed by atoms with Gasteiger partial charge in [-0.05, 0) is 162 Å². The van der Waals surface area contributed by atoms with Gasteiger partial charge in [0.1, 0.15) is 30.7 Å². The van der Waals surface area contributed by atoms with Crippen LogP contribution in [0.1, 0.15) is 151 Å². The van der Waals surface area contributed by atoms with Crippen LogP contribution in [0.25, 0.3) is 18.2 Å². The van der Waals surface area contributed by atoms with Gasteiger partial charge in [0, 0.05) is 29.7 Å². The summed E-state index contributed by atoms with van der Waals surface area (Å²) in [5.41, 5.74) is 9.77. The van der Waals surface area contributed by atoms with Crippen LogP contribution in [-0.2, 0) is 128 Å². The minimum absolute atomic E-state index is 0. The van der Waals surface area contributed by atoms with Crippen molar-refractivity contribution in [2.75, 3.05) is 26.4 Å². The number of carbonyl (C=O) groups is 9. The molecule has 0 fully saturated rings. The molecule has 0 heterocycles. The van der Waals surface area contributed by atoms with E-state index < -0.39 is 31.5 Å². The summed E-state index contributed by atoms with van der Waals surface area (Å²) in [7, 11) is -1.77. The Labute approximate surface area is 577 Å². The fourth-order valence-electron chi connectivity index (χ4n) is 6.98. The van der Waals surface area contributed by atoms with Gasteiger partial charge in [-0.15, -0.1) is 0 Å². The molecule has 28 heteroatoms. The van der Waals surface area contributed by atoms with Crippen LogP contribution in [0.15, 0.2) is 122 Å². The third-order valence-corrected chi connectivity index (χ3v) is 11.9. The van der Waals surface area contributed by atoms with E-state index in [1.165, 1.54) is 68.8 Å². The van der Waals surface area contributed by atoms with Gasteiger partial charge in [-0.2, -0.15) is 0 Å². The predicted octanol–water partition coefficient (Wildman–Crippen LogP) is 5.13. The summed E-state index contributed by atoms with van der Waals surface area (Å²) in [5.74, 6) is -2.40. The van der Waals surface area contributed by atoms with Crippen molar-refractivity contribution < 1.29 is 128 Å². The largest absolute Gasteiger partial charge is 0.392 e. The van der Waals surface area contributed by atoms with Crippen molar-refractivity contribution in [2.24, 2.45) is 0 Å². The first-order valence-electron chi connectivity index (χ1n) is 30.1. The number of hydrogen-bond acceptors (Lipinski definition) is 26. The number of aldehydes is 2. The van der Waals surface area contributed by atoms with E-state index in [2.05, 4.69) is 32.5 Å². The van der Waals surface area contributed by atoms with Crippen molar-refractivity contribution in [1.82, 2.24) is 0 Å². The molecule has 0 aliphatic carbocycles. The molecule has 0 amide bonds. The van der Waals surface area contributed by atoms with Gasteiger partial charge in [0.25, 0.3) is 0 Å². The fraction of sp³-hybridized carbons (Fsp3) is 0.338. The maximum Gasteiger partial charge on any atom is 0.150 e. The van der Waals surface area contributed by atoms with Gasteiger partial charge in [0.15, 0.2) is 18.2 Å². The van der Waals surface area contributed by atoms with Gasteiger partial charge >= 0.3 is 52.7 Å². The van der Waals surface area contributed by atoms with Gasteiger partial charge < -0.3 is 74.8 Å². The van der Waals surface area contributed by atoms with E-state index in [-0.39, 0.29) is 123 Å². The number of Topliss-reactive ketones (excluding diaryl/α,β-unsaturated/α-hetero) is 2. The molecule has 0 aliphatic heterocycles. The van der Waals surface area contributed by atoms with Crippen molar-refractivity contribution in [1.29, 1.82) is 0 Å². The summed E-state index contributed by atoms with van der Waals surface area (Å²) in [4.78, 5) is 95.2. The Balaban J connectivity index is -0.000000537. The molecule has 5 rings (SSSR count). The summed E-state index contributed by atoms with van der Waals surface area (Å²) in [6.45, 7) is 11.8. The number of aliphatic hydroxyl groups excluding tert-OH is 9. The number of phenols is 1. The number of allylic oxidation sites excluding steroid dienone is 2. The van der Waals surface area contributed by atoms with E-state index >= 15 is 0 Å². The molecule has 26 nitrogen and oxygen atoms in total. The Morgan fingerprint density at radius 2 is 0.838 bits per heavy atom. The van der Waals surface area contributed by atoms with E-state index in [1.807, 2.05) is 18.2 Å². The summed E-state index contributed by atoms with van der Waals surface area (Å²) in [5, 5.41) is 105. The number of carbonyl (C=O) groups excluding carboxylic acids is 9. The number of aromatic hydroxyl groups is 1. The zero-order valence-corrected chi connectivity index (χ0v) is 55.8. The zero-order chi connectivity index (χ0) is 74.8. The molecule has 0 radical (unpaired) electrons. The molecule has 0 aromatic heterocycles. The Hall–Kier alpha value is -9.42. The Morgan fingerprint density at radius 3 is 1.20 bits per heavy atom. The maximum atomic E-state index is 11.3. The molecule has 12 N–H and O–H groups in total. The molecule has 0 saturated carbocycles. The Bertz CT molecular complexity index is 3320. The number of ether oxygens (including phenoxy) is 4. The molecule has 540 valence electrons. The number of aliphatic hydroxyl groups is 9. The third kappa shape index (κ3) is 48.0. The van der Waals surface area contributed by atoms with Crippen molar-refractivity contribution >= 4 is 86.1 Å². The molecule has 0 aliphatic rings. The Kier molecular flexibility index (Phi) is 59.1. The second kappa shape index (κ2) is 61.0. The first-order valence-corrected chi connectivity index (χ1v) is 30.1. The molecular formula is C71H94B2O26. The van der Waals surface area contributed by atoms with Crippen LogP contribution in [0.3, 0.4) is 0 Å². The van der Waals surface area contributed by atoms with E-state index in [1.54, 1.807) is 80.6 Å². The fourth-order valence-corrected chi connectivity index (χ4v) is 6.98. The van der Waals surface area contributed by atoms with Crippen LogP contribution in [0.5, 0.6) is 5.75 Å². The molecule has 0 spiro atoms. The topological polar surface area (TPSA) is 450 Å². The van der Waals surface area contributed by atoms with Crippen molar-refractivity contribution in [2.45, 2.75) is 134 Å². The predicted molar refractivity (Wildman–Crippen MR) is 370 cm³/mol. The average Bonchev–Trinajstić information content (AvgIpc) is 0.983. The first kappa shape index (κ1) is 96.0. The number of ketones is 3. The van der Waals surface area contributed by atoms with Gasteiger partial charge in [-0.25, -0.2) is 14.4 Å². The average molecular weight is 1390 g/mol. The molecule has 0 saturated heterocycles. The minimum atomic E-state index is -1.80. The summed E-state index contributed by atoms with van der Waals surface area (Å²) < 4.78 is 27.5. The number of benzene rings is 5. The minimum Gasteiger partial charge on any atom is -0.392 e. The first-order chi connectivity index (χ1) is 46.8. The van der Waals surface area contributed by atoms with Crippen molar-refractivity contribution in [3.05, 3.63) is 200 Å². The molecule has 5 aromatic carbocycles. The van der Waals surface area contributed by atoms with E-state index in [0.29, 0.717) is 81.2 Å². The van der Waals surface area contributed by atoms with Crippen molar-refractivity contribution in [3.63, 3.8) is 0 Å². The molecule has 99 heavy (non-hydrogen) atoms. The van der Waals surface area contributed by atoms with E-state index in [4.69, 9.17) is 60.7 Å². The third-order valence-electron chi connectivity index (χ3n) is 11.9. The summed E-state index contributed by atoms with van der Waals surface area (Å²) in [6, 6.07) is 25.5. The number of hydrogen-bond donors (Lipinski definition) is 12. The van der Waals surface area contributed by atoms with Gasteiger partial charge in [-0.3, -0.25) is 24.0 Å². The quantitative estimate of drug-likeness (QED) is 0.00970. The van der Waals surface area contributed by atoms with E-state index in [0.717, 1.165) is 35.6 Å². The molecule has 0 unspecified atom stereocenters. The maximum absolute atomic E-state index is 11.3. The smallest absolute Gasteiger partial charge is 0.150 e. The summed E-state index contributed by atoms with van der Waals surface area (Å²) >= 11 is 0.